The van der Waals surface area contributed by atoms with Gasteiger partial charge in [0.25, 0.3) is 5.91 Å². The normalized spacial score (nSPS) is 15.7. The summed E-state index contributed by atoms with van der Waals surface area (Å²) in [5.41, 5.74) is 3.11. The number of piperidine rings is 1. The van der Waals surface area contributed by atoms with Gasteiger partial charge in [0.05, 0.1) is 28.6 Å². The van der Waals surface area contributed by atoms with Gasteiger partial charge in [0.2, 0.25) is 5.91 Å². The number of fused-ring (bicyclic) bond motifs is 1. The Morgan fingerprint density at radius 2 is 1.79 bits per heavy atom. The van der Waals surface area contributed by atoms with Crippen LogP contribution in [-0.2, 0) is 11.4 Å². The van der Waals surface area contributed by atoms with Crippen LogP contribution >= 0.6 is 0 Å². The van der Waals surface area contributed by atoms with Crippen LogP contribution in [0, 0.1) is 6.92 Å². The molecule has 202 valence electrons. The molecular formula is C29H36N4O5. The Hall–Kier alpha value is -3.53. The Morgan fingerprint density at radius 3 is 2.50 bits per heavy atom. The molecule has 2 aromatic carbocycles. The molecule has 1 saturated heterocycles. The lowest BCUT2D eigenvalue weighted by Crippen LogP contribution is -2.58. The molecule has 4 rings (SSSR count). The third-order valence-corrected chi connectivity index (χ3v) is 6.87. The quantitative estimate of drug-likeness (QED) is 0.252. The summed E-state index contributed by atoms with van der Waals surface area (Å²) in [6.45, 7) is 7.38. The molecule has 1 aromatic heterocycles. The topological polar surface area (TPSA) is 124 Å². The Kier molecular flexibility index (Phi) is 8.30. The van der Waals surface area contributed by atoms with Crippen molar-refractivity contribution < 1.29 is 24.6 Å². The van der Waals surface area contributed by atoms with E-state index >= 15 is 0 Å². The number of hydroxylamine groups is 1. The van der Waals surface area contributed by atoms with E-state index in [0.29, 0.717) is 43.8 Å². The number of hydrogen-bond donors (Lipinski definition) is 4. The van der Waals surface area contributed by atoms with Gasteiger partial charge in [-0.3, -0.25) is 19.8 Å². The zero-order chi connectivity index (χ0) is 27.3. The van der Waals surface area contributed by atoms with E-state index in [0.717, 1.165) is 22.2 Å². The number of aryl methyl sites for hydroxylation is 1. The molecule has 4 N–H and O–H groups in total. The Labute approximate surface area is 222 Å². The molecule has 0 radical (unpaired) electrons. The number of aliphatic hydroxyl groups is 1. The van der Waals surface area contributed by atoms with Crippen molar-refractivity contribution in [2.24, 2.45) is 0 Å². The fourth-order valence-corrected chi connectivity index (χ4v) is 5.14. The molecule has 0 spiro atoms. The van der Waals surface area contributed by atoms with Crippen molar-refractivity contribution in [3.63, 3.8) is 0 Å². The molecule has 0 atom stereocenters. The number of nitrogens with zero attached hydrogens (tertiary/aromatic N) is 2. The number of benzene rings is 2. The van der Waals surface area contributed by atoms with Crippen LogP contribution < -0.4 is 15.5 Å². The number of nitrogens with one attached hydrogen (secondary N) is 2. The number of para-hydroxylation sites is 2. The molecule has 9 nitrogen and oxygen atoms in total. The number of amides is 2. The maximum absolute atomic E-state index is 13.5. The number of carbonyl (C=O) groups excluding carboxylic acids is 2. The monoisotopic (exact) mass is 520 g/mol. The molecule has 2 heterocycles. The van der Waals surface area contributed by atoms with Crippen LogP contribution in [-0.4, -0.2) is 62.8 Å². The summed E-state index contributed by atoms with van der Waals surface area (Å²) in [7, 11) is 0. The highest BCUT2D eigenvalue weighted by atomic mass is 16.5. The molecule has 0 unspecified atom stereocenters. The number of rotatable bonds is 9. The van der Waals surface area contributed by atoms with E-state index in [1.54, 1.807) is 37.5 Å². The lowest BCUT2D eigenvalue weighted by Gasteiger charge is -2.43. The predicted molar refractivity (Wildman–Crippen MR) is 144 cm³/mol. The van der Waals surface area contributed by atoms with Crippen LogP contribution in [0.5, 0.6) is 5.75 Å². The van der Waals surface area contributed by atoms with Crippen LogP contribution in [0.1, 0.15) is 54.7 Å². The number of aromatic nitrogens is 1. The largest absolute Gasteiger partial charge is 0.488 e. The summed E-state index contributed by atoms with van der Waals surface area (Å²) in [5.74, 6) is -0.478. The lowest BCUT2D eigenvalue weighted by molar-refractivity contribution is -0.131. The molecule has 38 heavy (non-hydrogen) atoms. The number of ether oxygens (including phenoxy) is 1. The van der Waals surface area contributed by atoms with Crippen molar-refractivity contribution in [3.8, 4) is 5.75 Å². The van der Waals surface area contributed by atoms with Crippen LogP contribution in [0.15, 0.2) is 54.6 Å². The minimum atomic E-state index is -0.847. The average Bonchev–Trinajstić information content (AvgIpc) is 2.88. The first-order valence-electron chi connectivity index (χ1n) is 12.8. The van der Waals surface area contributed by atoms with Crippen molar-refractivity contribution in [3.05, 3.63) is 71.4 Å². The SMILES string of the molecule is Cc1cc(COc2ccccc2C(=O)NC2(CC(=O)NO)CCN(CC(C)(C)O)CC2)c2ccccc2n1. The Morgan fingerprint density at radius 1 is 1.11 bits per heavy atom. The van der Waals surface area contributed by atoms with Crippen molar-refractivity contribution in [2.45, 2.75) is 57.8 Å². The van der Waals surface area contributed by atoms with Crippen LogP contribution in [0.2, 0.25) is 0 Å². The second-order valence-corrected chi connectivity index (χ2v) is 10.8. The number of likely N-dealkylation sites (tertiary alicyclic amines) is 1. The van der Waals surface area contributed by atoms with Crippen molar-refractivity contribution in [2.75, 3.05) is 19.6 Å². The van der Waals surface area contributed by atoms with Crippen molar-refractivity contribution >= 4 is 22.7 Å². The number of pyridine rings is 1. The summed E-state index contributed by atoms with van der Waals surface area (Å²) in [4.78, 5) is 32.4. The van der Waals surface area contributed by atoms with Crippen LogP contribution in [0.3, 0.4) is 0 Å². The molecule has 1 fully saturated rings. The van der Waals surface area contributed by atoms with E-state index in [4.69, 9.17) is 4.74 Å². The zero-order valence-electron chi connectivity index (χ0n) is 22.2. The van der Waals surface area contributed by atoms with E-state index in [-0.39, 0.29) is 18.9 Å². The van der Waals surface area contributed by atoms with Gasteiger partial charge in [0.15, 0.2) is 0 Å². The summed E-state index contributed by atoms with van der Waals surface area (Å²) < 4.78 is 6.16. The fourth-order valence-electron chi connectivity index (χ4n) is 5.14. The molecule has 1 aliphatic heterocycles. The Bertz CT molecular complexity index is 1300. The third kappa shape index (κ3) is 6.86. The summed E-state index contributed by atoms with van der Waals surface area (Å²) in [6.07, 6.45) is 0.929. The minimum absolute atomic E-state index is 0.0586. The van der Waals surface area contributed by atoms with E-state index in [2.05, 4.69) is 15.2 Å². The van der Waals surface area contributed by atoms with Gasteiger partial charge in [-0.05, 0) is 57.9 Å². The first kappa shape index (κ1) is 27.5. The van der Waals surface area contributed by atoms with Crippen LogP contribution in [0.4, 0.5) is 0 Å². The highest BCUT2D eigenvalue weighted by Gasteiger charge is 2.39. The molecule has 0 aliphatic carbocycles. The first-order chi connectivity index (χ1) is 18.1. The molecule has 9 heteroatoms. The highest BCUT2D eigenvalue weighted by Crippen LogP contribution is 2.29. The smallest absolute Gasteiger partial charge is 0.255 e. The second kappa shape index (κ2) is 11.5. The van der Waals surface area contributed by atoms with Crippen molar-refractivity contribution in [1.29, 1.82) is 0 Å². The lowest BCUT2D eigenvalue weighted by atomic mass is 9.83. The van der Waals surface area contributed by atoms with Gasteiger partial charge in [-0.2, -0.15) is 0 Å². The van der Waals surface area contributed by atoms with Gasteiger partial charge < -0.3 is 20.1 Å². The molecule has 0 saturated carbocycles. The van der Waals surface area contributed by atoms with Gasteiger partial charge >= 0.3 is 0 Å². The standard InChI is InChI=1S/C29H36N4O5/c1-20-16-21(22-8-4-6-10-24(22)30-20)18-38-25-11-7-5-9-23(25)27(35)31-29(17-26(34)32-37)12-14-33(15-13-29)19-28(2,3)36/h4-11,16,36-37H,12-15,17-19H2,1-3H3,(H,31,35)(H,32,34). The van der Waals surface area contributed by atoms with Gasteiger partial charge in [-0.15, -0.1) is 0 Å². The van der Waals surface area contributed by atoms with E-state index in [9.17, 15) is 19.9 Å². The maximum atomic E-state index is 13.5. The molecule has 2 amide bonds. The van der Waals surface area contributed by atoms with E-state index in [1.165, 1.54) is 0 Å². The average molecular weight is 521 g/mol. The number of carbonyl (C=O) groups is 2. The van der Waals surface area contributed by atoms with Crippen LogP contribution in [0.25, 0.3) is 10.9 Å². The first-order valence-corrected chi connectivity index (χ1v) is 12.8. The number of hydrogen-bond acceptors (Lipinski definition) is 7. The molecule has 3 aromatic rings. The maximum Gasteiger partial charge on any atom is 0.255 e. The van der Waals surface area contributed by atoms with E-state index in [1.807, 2.05) is 43.3 Å². The van der Waals surface area contributed by atoms with Gasteiger partial charge in [0.1, 0.15) is 12.4 Å². The summed E-state index contributed by atoms with van der Waals surface area (Å²) >= 11 is 0. The molecular weight excluding hydrogens is 484 g/mol. The zero-order valence-corrected chi connectivity index (χ0v) is 22.2. The van der Waals surface area contributed by atoms with Crippen molar-refractivity contribution in [1.82, 2.24) is 20.7 Å². The Balaban J connectivity index is 1.52. The third-order valence-electron chi connectivity index (χ3n) is 6.87. The molecule has 0 bridgehead atoms. The molecule has 1 aliphatic rings. The van der Waals surface area contributed by atoms with E-state index < -0.39 is 17.0 Å². The fraction of sp³-hybridized carbons (Fsp3) is 0.414. The van der Waals surface area contributed by atoms with Gasteiger partial charge in [-0.1, -0.05) is 30.3 Å². The highest BCUT2D eigenvalue weighted by molar-refractivity contribution is 5.97. The van der Waals surface area contributed by atoms with Gasteiger partial charge in [-0.25, -0.2) is 5.48 Å². The number of β-amino-alcohol motifs (C(OH)–C–C–N with tert-alkyl or cyclic N) is 1. The minimum Gasteiger partial charge on any atom is -0.488 e. The summed E-state index contributed by atoms with van der Waals surface area (Å²) in [6, 6.07) is 16.9. The summed E-state index contributed by atoms with van der Waals surface area (Å²) in [5, 5.41) is 23.4. The van der Waals surface area contributed by atoms with Gasteiger partial charge in [0, 0.05) is 36.3 Å². The second-order valence-electron chi connectivity index (χ2n) is 10.8. The predicted octanol–water partition coefficient (Wildman–Crippen LogP) is 3.35.